The van der Waals surface area contributed by atoms with Crippen molar-refractivity contribution in [1.29, 1.82) is 0 Å². The quantitative estimate of drug-likeness (QED) is 0.498. The molecule has 5 heteroatoms. The summed E-state index contributed by atoms with van der Waals surface area (Å²) in [4.78, 5) is 9.07. The summed E-state index contributed by atoms with van der Waals surface area (Å²) in [6, 6.07) is 6.23. The first kappa shape index (κ1) is 14.0. The monoisotopic (exact) mass is 313 g/mol. The predicted octanol–water partition coefficient (Wildman–Crippen LogP) is 3.09. The molecule has 4 nitrogen and oxygen atoms in total. The van der Waals surface area contributed by atoms with Gasteiger partial charge in [-0.2, -0.15) is 0 Å². The Morgan fingerprint density at radius 2 is 2.23 bits per heavy atom. The number of thioether (sulfide) groups is 1. The number of anilines is 1. The van der Waals surface area contributed by atoms with Crippen LogP contribution in [0.5, 0.6) is 0 Å². The number of fused-ring (bicyclic) bond motifs is 3. The molecule has 0 radical (unpaired) electrons. The summed E-state index contributed by atoms with van der Waals surface area (Å²) in [6.45, 7) is 0.582. The van der Waals surface area contributed by atoms with Crippen LogP contribution >= 0.6 is 11.8 Å². The molecule has 0 saturated carbocycles. The standard InChI is InChI=1S/C17H19N3OS/c1-22-16-19-9-12-10-21-17(8-15(12)20-16)6-2-3-11-4-5-13(18)7-14(11)17/h4-5,7,9H,2-3,6,8,10,18H2,1H3. The summed E-state index contributed by atoms with van der Waals surface area (Å²) in [7, 11) is 0. The Bertz CT molecular complexity index is 734. The molecule has 2 N–H and O–H groups in total. The van der Waals surface area contributed by atoms with E-state index in [4.69, 9.17) is 15.5 Å². The van der Waals surface area contributed by atoms with Crippen molar-refractivity contribution in [3.63, 3.8) is 0 Å². The van der Waals surface area contributed by atoms with E-state index in [1.54, 1.807) is 11.8 Å². The van der Waals surface area contributed by atoms with Gasteiger partial charge >= 0.3 is 0 Å². The van der Waals surface area contributed by atoms with Crippen molar-refractivity contribution in [3.05, 3.63) is 46.8 Å². The summed E-state index contributed by atoms with van der Waals surface area (Å²) < 4.78 is 6.35. The minimum atomic E-state index is -0.264. The molecule has 0 saturated heterocycles. The Balaban J connectivity index is 1.79. The highest BCUT2D eigenvalue weighted by molar-refractivity contribution is 7.98. The second-order valence-corrected chi connectivity index (χ2v) is 6.83. The van der Waals surface area contributed by atoms with Gasteiger partial charge in [-0.05, 0) is 48.8 Å². The van der Waals surface area contributed by atoms with Crippen LogP contribution in [0.15, 0.2) is 29.6 Å². The first-order chi connectivity index (χ1) is 10.7. The lowest BCUT2D eigenvalue weighted by Crippen LogP contribution is -2.39. The molecule has 114 valence electrons. The van der Waals surface area contributed by atoms with Gasteiger partial charge in [-0.15, -0.1) is 0 Å². The Hall–Kier alpha value is -1.59. The van der Waals surface area contributed by atoms with E-state index in [9.17, 15) is 0 Å². The lowest BCUT2D eigenvalue weighted by Gasteiger charge is -2.42. The van der Waals surface area contributed by atoms with Crippen molar-refractivity contribution in [2.75, 3.05) is 12.0 Å². The lowest BCUT2D eigenvalue weighted by atomic mass is 9.75. The van der Waals surface area contributed by atoms with Crippen LogP contribution < -0.4 is 5.73 Å². The molecule has 0 fully saturated rings. The molecule has 0 amide bonds. The molecule has 1 unspecified atom stereocenters. The number of hydrogen-bond donors (Lipinski definition) is 1. The van der Waals surface area contributed by atoms with Crippen molar-refractivity contribution in [1.82, 2.24) is 9.97 Å². The Morgan fingerprint density at radius 3 is 3.09 bits per heavy atom. The number of nitrogen functional groups attached to an aromatic ring is 1. The molecule has 1 atom stereocenters. The molecule has 1 aliphatic carbocycles. The van der Waals surface area contributed by atoms with Crippen molar-refractivity contribution in [2.45, 2.75) is 43.0 Å². The fraction of sp³-hybridized carbons (Fsp3) is 0.412. The number of ether oxygens (including phenoxy) is 1. The van der Waals surface area contributed by atoms with E-state index >= 15 is 0 Å². The van der Waals surface area contributed by atoms with Gasteiger partial charge in [0.2, 0.25) is 0 Å². The van der Waals surface area contributed by atoms with Gasteiger partial charge in [0.05, 0.1) is 17.9 Å². The van der Waals surface area contributed by atoms with Crippen LogP contribution in [0.3, 0.4) is 0 Å². The topological polar surface area (TPSA) is 61.0 Å². The number of benzene rings is 1. The van der Waals surface area contributed by atoms with E-state index in [1.807, 2.05) is 18.5 Å². The maximum absolute atomic E-state index is 6.35. The van der Waals surface area contributed by atoms with Crippen LogP contribution in [0.1, 0.15) is 35.2 Å². The molecule has 1 aromatic carbocycles. The van der Waals surface area contributed by atoms with Gasteiger partial charge in [0.15, 0.2) is 5.16 Å². The van der Waals surface area contributed by atoms with Gasteiger partial charge in [0.25, 0.3) is 0 Å². The van der Waals surface area contributed by atoms with E-state index in [0.29, 0.717) is 6.61 Å². The smallest absolute Gasteiger partial charge is 0.187 e. The molecule has 1 aromatic heterocycles. The molecule has 4 rings (SSSR count). The number of aryl methyl sites for hydroxylation is 1. The van der Waals surface area contributed by atoms with E-state index in [2.05, 4.69) is 17.1 Å². The average Bonchev–Trinajstić information content (AvgIpc) is 2.55. The van der Waals surface area contributed by atoms with Gasteiger partial charge in [-0.1, -0.05) is 17.8 Å². The van der Waals surface area contributed by atoms with Crippen LogP contribution in [-0.4, -0.2) is 16.2 Å². The maximum atomic E-state index is 6.35. The van der Waals surface area contributed by atoms with Crippen molar-refractivity contribution >= 4 is 17.4 Å². The Kier molecular flexibility index (Phi) is 3.35. The highest BCUT2D eigenvalue weighted by atomic mass is 32.2. The summed E-state index contributed by atoms with van der Waals surface area (Å²) in [5.41, 5.74) is 11.4. The largest absolute Gasteiger partial charge is 0.399 e. The second kappa shape index (κ2) is 5.25. The van der Waals surface area contributed by atoms with Crippen LogP contribution in [0.4, 0.5) is 5.69 Å². The molecule has 1 aliphatic heterocycles. The van der Waals surface area contributed by atoms with E-state index < -0.39 is 0 Å². The third kappa shape index (κ3) is 2.20. The number of aromatic nitrogens is 2. The van der Waals surface area contributed by atoms with Crippen LogP contribution in [-0.2, 0) is 29.8 Å². The summed E-state index contributed by atoms with van der Waals surface area (Å²) in [6.07, 6.45) is 8.01. The fourth-order valence-corrected chi connectivity index (χ4v) is 3.96. The molecule has 2 aromatic rings. The minimum Gasteiger partial charge on any atom is -0.399 e. The van der Waals surface area contributed by atoms with Crippen LogP contribution in [0, 0.1) is 0 Å². The molecule has 2 heterocycles. The maximum Gasteiger partial charge on any atom is 0.187 e. The number of nitrogens with zero attached hydrogens (tertiary/aromatic N) is 2. The summed E-state index contributed by atoms with van der Waals surface area (Å²) in [5.74, 6) is 0. The van der Waals surface area contributed by atoms with Crippen molar-refractivity contribution in [2.24, 2.45) is 0 Å². The molecule has 2 aliphatic rings. The highest BCUT2D eigenvalue weighted by Crippen LogP contribution is 2.44. The second-order valence-electron chi connectivity index (χ2n) is 6.06. The molecule has 1 spiro atoms. The third-order valence-electron chi connectivity index (χ3n) is 4.72. The number of nitrogens with two attached hydrogens (primary N) is 1. The summed E-state index contributed by atoms with van der Waals surface area (Å²) >= 11 is 1.58. The minimum absolute atomic E-state index is 0.264. The van der Waals surface area contributed by atoms with Crippen molar-refractivity contribution in [3.8, 4) is 0 Å². The van der Waals surface area contributed by atoms with Gasteiger partial charge in [0.1, 0.15) is 0 Å². The van der Waals surface area contributed by atoms with Crippen LogP contribution in [0.2, 0.25) is 0 Å². The fourth-order valence-electron chi connectivity index (χ4n) is 3.60. The van der Waals surface area contributed by atoms with Gasteiger partial charge in [-0.25, -0.2) is 9.97 Å². The SMILES string of the molecule is CSc1ncc2c(n1)CC1(CCCc3ccc(N)cc31)OC2. The predicted molar refractivity (Wildman–Crippen MR) is 87.8 cm³/mol. The van der Waals surface area contributed by atoms with Gasteiger partial charge in [0, 0.05) is 23.9 Å². The van der Waals surface area contributed by atoms with Gasteiger partial charge in [-0.3, -0.25) is 0 Å². The zero-order valence-corrected chi connectivity index (χ0v) is 13.4. The number of hydrogen-bond acceptors (Lipinski definition) is 5. The third-order valence-corrected chi connectivity index (χ3v) is 5.28. The van der Waals surface area contributed by atoms with E-state index in [1.165, 1.54) is 11.1 Å². The first-order valence-corrected chi connectivity index (χ1v) is 8.84. The van der Waals surface area contributed by atoms with Crippen LogP contribution in [0.25, 0.3) is 0 Å². The Labute approximate surface area is 134 Å². The zero-order chi connectivity index (χ0) is 15.2. The molecule has 22 heavy (non-hydrogen) atoms. The summed E-state index contributed by atoms with van der Waals surface area (Å²) in [5, 5.41) is 0.833. The first-order valence-electron chi connectivity index (χ1n) is 7.62. The highest BCUT2D eigenvalue weighted by Gasteiger charge is 2.41. The van der Waals surface area contributed by atoms with Gasteiger partial charge < -0.3 is 10.5 Å². The zero-order valence-electron chi connectivity index (χ0n) is 12.6. The number of rotatable bonds is 1. The Morgan fingerprint density at radius 1 is 1.32 bits per heavy atom. The molecule has 0 bridgehead atoms. The van der Waals surface area contributed by atoms with Crippen molar-refractivity contribution < 1.29 is 4.74 Å². The lowest BCUT2D eigenvalue weighted by molar-refractivity contribution is -0.0857. The average molecular weight is 313 g/mol. The molecular weight excluding hydrogens is 294 g/mol. The molecular formula is C17H19N3OS. The normalized spacial score (nSPS) is 23.1. The van der Waals surface area contributed by atoms with E-state index in [0.717, 1.165) is 47.8 Å². The van der Waals surface area contributed by atoms with E-state index in [-0.39, 0.29) is 5.60 Å².